The average molecular weight is 536 g/mol. The summed E-state index contributed by atoms with van der Waals surface area (Å²) in [6, 6.07) is 13.9. The number of nitriles is 1. The van der Waals surface area contributed by atoms with E-state index in [-0.39, 0.29) is 12.2 Å². The number of rotatable bonds is 10. The molecule has 0 radical (unpaired) electrons. The summed E-state index contributed by atoms with van der Waals surface area (Å²) >= 11 is 1.59. The van der Waals surface area contributed by atoms with Crippen molar-refractivity contribution >= 4 is 17.4 Å². The molecule has 0 aliphatic carbocycles. The van der Waals surface area contributed by atoms with Gasteiger partial charge in [0, 0.05) is 25.4 Å². The lowest BCUT2D eigenvalue weighted by molar-refractivity contribution is 0.0292. The molecule has 38 heavy (non-hydrogen) atoms. The summed E-state index contributed by atoms with van der Waals surface area (Å²) < 4.78 is 17.1. The standard InChI is InChI=1S/C30H37N3O4S/c1-8-21-17-24(35-15-9-14-33(7)29(34)37-30(4,5)6)11-12-25(21)27-19-32-28(38-27)22-10-13-26(36-20(2)3)23(16-22)18-31/h10-13,16-17,19-20H,8-9,14-15H2,1-7H3. The summed E-state index contributed by atoms with van der Waals surface area (Å²) in [5.41, 5.74) is 3.17. The summed E-state index contributed by atoms with van der Waals surface area (Å²) in [5, 5.41) is 10.4. The van der Waals surface area contributed by atoms with Crippen molar-refractivity contribution in [3.63, 3.8) is 0 Å². The first-order valence-corrected chi connectivity index (χ1v) is 13.7. The van der Waals surface area contributed by atoms with Crippen LogP contribution >= 0.6 is 11.3 Å². The van der Waals surface area contributed by atoms with Crippen LogP contribution in [0.5, 0.6) is 11.5 Å². The molecule has 1 aromatic heterocycles. The first-order chi connectivity index (χ1) is 18.0. The van der Waals surface area contributed by atoms with Crippen LogP contribution in [-0.2, 0) is 11.2 Å². The van der Waals surface area contributed by atoms with Crippen molar-refractivity contribution in [2.24, 2.45) is 0 Å². The highest BCUT2D eigenvalue weighted by Crippen LogP contribution is 2.36. The molecule has 202 valence electrons. The van der Waals surface area contributed by atoms with E-state index in [0.717, 1.165) is 33.2 Å². The number of ether oxygens (including phenoxy) is 3. The van der Waals surface area contributed by atoms with Gasteiger partial charge in [0.1, 0.15) is 28.2 Å². The highest BCUT2D eigenvalue weighted by Gasteiger charge is 2.19. The molecule has 0 N–H and O–H groups in total. The number of nitrogens with zero attached hydrogens (tertiary/aromatic N) is 3. The normalized spacial score (nSPS) is 11.2. The van der Waals surface area contributed by atoms with E-state index >= 15 is 0 Å². The van der Waals surface area contributed by atoms with Gasteiger partial charge in [-0.15, -0.1) is 11.3 Å². The average Bonchev–Trinajstić information content (AvgIpc) is 3.35. The molecule has 0 bridgehead atoms. The molecule has 0 saturated heterocycles. The van der Waals surface area contributed by atoms with Crippen LogP contribution < -0.4 is 9.47 Å². The Labute approximate surface area is 230 Å². The summed E-state index contributed by atoms with van der Waals surface area (Å²) in [5.74, 6) is 1.39. The fourth-order valence-corrected chi connectivity index (χ4v) is 4.73. The lowest BCUT2D eigenvalue weighted by Crippen LogP contribution is -2.35. The molecule has 8 heteroatoms. The van der Waals surface area contributed by atoms with E-state index in [9.17, 15) is 10.1 Å². The van der Waals surface area contributed by atoms with Gasteiger partial charge in [0.15, 0.2) is 0 Å². The maximum Gasteiger partial charge on any atom is 0.410 e. The van der Waals surface area contributed by atoms with Crippen molar-refractivity contribution in [2.45, 2.75) is 66.1 Å². The fourth-order valence-electron chi connectivity index (χ4n) is 3.75. The number of thiazole rings is 1. The second-order valence-electron chi connectivity index (χ2n) is 10.3. The Bertz CT molecular complexity index is 1290. The largest absolute Gasteiger partial charge is 0.494 e. The number of carbonyl (C=O) groups is 1. The molecule has 1 heterocycles. The third kappa shape index (κ3) is 7.96. The lowest BCUT2D eigenvalue weighted by atomic mass is 10.0. The topological polar surface area (TPSA) is 84.7 Å². The highest BCUT2D eigenvalue weighted by molar-refractivity contribution is 7.18. The van der Waals surface area contributed by atoms with E-state index in [2.05, 4.69) is 30.1 Å². The predicted molar refractivity (Wildman–Crippen MR) is 152 cm³/mol. The molecular formula is C30H37N3O4S. The van der Waals surface area contributed by atoms with Crippen molar-refractivity contribution < 1.29 is 19.0 Å². The molecule has 7 nitrogen and oxygen atoms in total. The van der Waals surface area contributed by atoms with Crippen LogP contribution in [0.3, 0.4) is 0 Å². The Morgan fingerprint density at radius 1 is 1.18 bits per heavy atom. The first-order valence-electron chi connectivity index (χ1n) is 12.9. The van der Waals surface area contributed by atoms with Crippen LogP contribution in [0, 0.1) is 11.3 Å². The molecule has 0 aliphatic rings. The Kier molecular flexibility index (Phi) is 9.76. The number of amides is 1. The zero-order chi connectivity index (χ0) is 27.9. The molecule has 0 aliphatic heterocycles. The first kappa shape index (κ1) is 29.0. The fraction of sp³-hybridized carbons (Fsp3) is 0.433. The summed E-state index contributed by atoms with van der Waals surface area (Å²) in [6.07, 6.45) is 3.09. The predicted octanol–water partition coefficient (Wildman–Crippen LogP) is 7.33. The lowest BCUT2D eigenvalue weighted by Gasteiger charge is -2.24. The summed E-state index contributed by atoms with van der Waals surface area (Å²) in [6.45, 7) is 12.6. The summed E-state index contributed by atoms with van der Waals surface area (Å²) in [7, 11) is 1.73. The van der Waals surface area contributed by atoms with Gasteiger partial charge in [-0.3, -0.25) is 0 Å². The zero-order valence-corrected chi connectivity index (χ0v) is 24.1. The number of aromatic nitrogens is 1. The van der Waals surface area contributed by atoms with E-state index in [0.29, 0.717) is 30.9 Å². The third-order valence-electron chi connectivity index (χ3n) is 5.55. The van der Waals surface area contributed by atoms with Crippen LogP contribution in [-0.4, -0.2) is 47.9 Å². The molecule has 3 rings (SSSR count). The Morgan fingerprint density at radius 2 is 1.95 bits per heavy atom. The maximum absolute atomic E-state index is 12.1. The highest BCUT2D eigenvalue weighted by atomic mass is 32.1. The quantitative estimate of drug-likeness (QED) is 0.253. The van der Waals surface area contributed by atoms with Crippen LogP contribution in [0.25, 0.3) is 21.0 Å². The third-order valence-corrected chi connectivity index (χ3v) is 6.63. The van der Waals surface area contributed by atoms with Gasteiger partial charge in [0.2, 0.25) is 0 Å². The van der Waals surface area contributed by atoms with Crippen molar-refractivity contribution in [2.75, 3.05) is 20.2 Å². The number of hydrogen-bond donors (Lipinski definition) is 0. The molecule has 2 aromatic carbocycles. The van der Waals surface area contributed by atoms with Crippen molar-refractivity contribution in [3.8, 4) is 38.6 Å². The van der Waals surface area contributed by atoms with Crippen molar-refractivity contribution in [3.05, 3.63) is 53.7 Å². The molecule has 1 amide bonds. The number of benzene rings is 2. The van der Waals surface area contributed by atoms with Crippen LogP contribution in [0.1, 0.15) is 59.1 Å². The minimum atomic E-state index is -0.508. The monoisotopic (exact) mass is 535 g/mol. The van der Waals surface area contributed by atoms with Gasteiger partial charge in [-0.1, -0.05) is 6.92 Å². The van der Waals surface area contributed by atoms with Crippen LogP contribution in [0.2, 0.25) is 0 Å². The number of aryl methyl sites for hydroxylation is 1. The van der Waals surface area contributed by atoms with Crippen molar-refractivity contribution in [1.82, 2.24) is 9.88 Å². The van der Waals surface area contributed by atoms with Crippen LogP contribution in [0.4, 0.5) is 4.79 Å². The molecule has 0 saturated carbocycles. The van der Waals surface area contributed by atoms with Gasteiger partial charge >= 0.3 is 6.09 Å². The van der Waals surface area contributed by atoms with Gasteiger partial charge in [0.05, 0.1) is 23.2 Å². The van der Waals surface area contributed by atoms with Gasteiger partial charge in [-0.2, -0.15) is 5.26 Å². The molecule has 0 unspecified atom stereocenters. The molecule has 0 atom stereocenters. The van der Waals surface area contributed by atoms with E-state index in [4.69, 9.17) is 14.2 Å². The number of hydrogen-bond acceptors (Lipinski definition) is 7. The smallest absolute Gasteiger partial charge is 0.410 e. The second kappa shape index (κ2) is 12.8. The van der Waals surface area contributed by atoms with Gasteiger partial charge < -0.3 is 19.1 Å². The van der Waals surface area contributed by atoms with E-state index < -0.39 is 5.60 Å². The van der Waals surface area contributed by atoms with Gasteiger partial charge in [-0.25, -0.2) is 9.78 Å². The Balaban J connectivity index is 1.65. The maximum atomic E-state index is 12.1. The van der Waals surface area contributed by atoms with E-state index in [1.54, 1.807) is 23.3 Å². The van der Waals surface area contributed by atoms with Gasteiger partial charge in [-0.05, 0) is 95.0 Å². The SMILES string of the molecule is CCc1cc(OCCCN(C)C(=O)OC(C)(C)C)ccc1-c1cnc(-c2ccc(OC(C)C)c(C#N)c2)s1. The molecule has 0 fully saturated rings. The molecular weight excluding hydrogens is 498 g/mol. The van der Waals surface area contributed by atoms with E-state index in [1.165, 1.54) is 5.56 Å². The Hall–Kier alpha value is -3.57. The zero-order valence-electron chi connectivity index (χ0n) is 23.3. The van der Waals surface area contributed by atoms with Crippen molar-refractivity contribution in [1.29, 1.82) is 5.26 Å². The molecule has 3 aromatic rings. The Morgan fingerprint density at radius 3 is 2.61 bits per heavy atom. The van der Waals surface area contributed by atoms with Gasteiger partial charge in [0.25, 0.3) is 0 Å². The summed E-state index contributed by atoms with van der Waals surface area (Å²) in [4.78, 5) is 19.4. The minimum absolute atomic E-state index is 0.00240. The minimum Gasteiger partial charge on any atom is -0.494 e. The van der Waals surface area contributed by atoms with Crippen LogP contribution in [0.15, 0.2) is 42.6 Å². The van der Waals surface area contributed by atoms with E-state index in [1.807, 2.05) is 65.1 Å². The number of carbonyl (C=O) groups excluding carboxylic acids is 1. The molecule has 0 spiro atoms. The second-order valence-corrected chi connectivity index (χ2v) is 11.3.